The second kappa shape index (κ2) is 10.3. The van der Waals surface area contributed by atoms with Gasteiger partial charge in [-0.2, -0.15) is 0 Å². The smallest absolute Gasteiger partial charge is 0.170 e. The second-order valence-corrected chi connectivity index (χ2v) is 9.23. The average molecular weight is 456 g/mol. The van der Waals surface area contributed by atoms with E-state index in [-0.39, 0.29) is 12.1 Å². The van der Waals surface area contributed by atoms with Crippen molar-refractivity contribution in [1.29, 1.82) is 0 Å². The predicted molar refractivity (Wildman–Crippen MR) is 127 cm³/mol. The Bertz CT molecular complexity index is 880. The van der Waals surface area contributed by atoms with Crippen molar-refractivity contribution in [2.24, 2.45) is 0 Å². The third kappa shape index (κ3) is 4.83. The molecular formula is C24H33N5O2S. The Morgan fingerprint density at radius 3 is 2.78 bits per heavy atom. The molecular weight excluding hydrogens is 422 g/mol. The van der Waals surface area contributed by atoms with Crippen LogP contribution in [0.3, 0.4) is 0 Å². The molecule has 5 rings (SSSR count). The zero-order chi connectivity index (χ0) is 21.8. The Morgan fingerprint density at radius 2 is 2.00 bits per heavy atom. The Hall–Kier alpha value is -2.00. The van der Waals surface area contributed by atoms with E-state index in [9.17, 15) is 0 Å². The van der Waals surface area contributed by atoms with E-state index >= 15 is 0 Å². The fraction of sp³-hybridized carbons (Fsp3) is 0.583. The number of pyridine rings is 1. The third-order valence-electron chi connectivity index (χ3n) is 6.77. The summed E-state index contributed by atoms with van der Waals surface area (Å²) in [4.78, 5) is 9.53. The summed E-state index contributed by atoms with van der Waals surface area (Å²) in [6, 6.07) is 10.6. The number of hydrogen-bond acceptors (Lipinski definition) is 5. The number of morpholine rings is 1. The van der Waals surface area contributed by atoms with Gasteiger partial charge >= 0.3 is 0 Å². The molecule has 0 radical (unpaired) electrons. The van der Waals surface area contributed by atoms with Crippen molar-refractivity contribution in [2.45, 2.75) is 44.0 Å². The largest absolute Gasteiger partial charge is 0.379 e. The van der Waals surface area contributed by atoms with Gasteiger partial charge in [0.1, 0.15) is 0 Å². The van der Waals surface area contributed by atoms with Crippen LogP contribution in [-0.2, 0) is 16.0 Å². The van der Waals surface area contributed by atoms with Crippen molar-refractivity contribution in [3.05, 3.63) is 54.1 Å². The minimum atomic E-state index is 0.0326. The molecule has 172 valence electrons. The van der Waals surface area contributed by atoms with Crippen molar-refractivity contribution in [3.8, 4) is 0 Å². The minimum absolute atomic E-state index is 0.0326. The maximum absolute atomic E-state index is 5.93. The Labute approximate surface area is 195 Å². The molecule has 2 aromatic rings. The normalized spacial score (nSPS) is 26.6. The van der Waals surface area contributed by atoms with Crippen molar-refractivity contribution in [1.82, 2.24) is 24.7 Å². The van der Waals surface area contributed by atoms with Gasteiger partial charge in [-0.15, -0.1) is 0 Å². The lowest BCUT2D eigenvalue weighted by atomic mass is 10.0. The first kappa shape index (κ1) is 21.8. The molecule has 3 fully saturated rings. The Kier molecular flexibility index (Phi) is 7.02. The molecule has 3 atom stereocenters. The molecule has 3 aliphatic rings. The van der Waals surface area contributed by atoms with Crippen molar-refractivity contribution in [2.75, 3.05) is 46.0 Å². The van der Waals surface area contributed by atoms with Gasteiger partial charge < -0.3 is 24.3 Å². The Balaban J connectivity index is 1.36. The fourth-order valence-electron chi connectivity index (χ4n) is 5.13. The van der Waals surface area contributed by atoms with E-state index in [1.165, 1.54) is 5.69 Å². The number of ether oxygens (including phenoxy) is 2. The summed E-state index contributed by atoms with van der Waals surface area (Å²) in [6.07, 6.45) is 7.70. The first-order chi connectivity index (χ1) is 15.8. The van der Waals surface area contributed by atoms with Crippen LogP contribution in [0.5, 0.6) is 0 Å². The van der Waals surface area contributed by atoms with Gasteiger partial charge in [-0.05, 0) is 55.7 Å². The van der Waals surface area contributed by atoms with E-state index in [0.717, 1.165) is 82.6 Å². The van der Waals surface area contributed by atoms with Gasteiger partial charge in [0.25, 0.3) is 0 Å². The fourth-order valence-corrected chi connectivity index (χ4v) is 5.46. The maximum atomic E-state index is 5.93. The first-order valence-electron chi connectivity index (χ1n) is 11.8. The molecule has 0 spiro atoms. The number of aromatic nitrogens is 2. The topological polar surface area (TPSA) is 54.8 Å². The highest BCUT2D eigenvalue weighted by Gasteiger charge is 2.41. The summed E-state index contributed by atoms with van der Waals surface area (Å²) in [6.45, 7) is 7.47. The van der Waals surface area contributed by atoms with Gasteiger partial charge in [-0.3, -0.25) is 9.88 Å². The van der Waals surface area contributed by atoms with Gasteiger partial charge in [-0.25, -0.2) is 0 Å². The molecule has 3 saturated heterocycles. The van der Waals surface area contributed by atoms with Gasteiger partial charge in [0.15, 0.2) is 5.11 Å². The number of nitrogens with one attached hydrogen (secondary N) is 1. The number of hydrogen-bond donors (Lipinski definition) is 1. The molecule has 0 saturated carbocycles. The van der Waals surface area contributed by atoms with Crippen molar-refractivity contribution < 1.29 is 9.47 Å². The van der Waals surface area contributed by atoms with E-state index in [2.05, 4.69) is 55.1 Å². The van der Waals surface area contributed by atoms with Crippen LogP contribution in [0.2, 0.25) is 0 Å². The van der Waals surface area contributed by atoms with Crippen LogP contribution >= 0.6 is 12.2 Å². The lowest BCUT2D eigenvalue weighted by Crippen LogP contribution is -2.39. The average Bonchev–Trinajstić information content (AvgIpc) is 3.57. The molecule has 7 nitrogen and oxygen atoms in total. The Morgan fingerprint density at radius 1 is 1.09 bits per heavy atom. The quantitative estimate of drug-likeness (QED) is 0.615. The zero-order valence-corrected chi connectivity index (χ0v) is 19.4. The first-order valence-corrected chi connectivity index (χ1v) is 12.3. The van der Waals surface area contributed by atoms with Gasteiger partial charge in [0, 0.05) is 57.4 Å². The molecule has 3 aliphatic heterocycles. The summed E-state index contributed by atoms with van der Waals surface area (Å²) in [5, 5.41) is 4.40. The lowest BCUT2D eigenvalue weighted by Gasteiger charge is -2.31. The number of thiocarbonyl (C=S) groups is 1. The maximum Gasteiger partial charge on any atom is 0.170 e. The van der Waals surface area contributed by atoms with Crippen LogP contribution in [0.15, 0.2) is 42.7 Å². The van der Waals surface area contributed by atoms with Crippen LogP contribution in [0.25, 0.3) is 0 Å². The molecule has 0 aromatic carbocycles. The second-order valence-electron chi connectivity index (χ2n) is 8.85. The highest BCUT2D eigenvalue weighted by atomic mass is 32.1. The van der Waals surface area contributed by atoms with Gasteiger partial charge in [0.05, 0.1) is 37.1 Å². The highest BCUT2D eigenvalue weighted by molar-refractivity contribution is 7.80. The summed E-state index contributed by atoms with van der Waals surface area (Å²) in [5.74, 6) is 0. The monoisotopic (exact) mass is 455 g/mol. The van der Waals surface area contributed by atoms with E-state index in [1.54, 1.807) is 0 Å². The molecule has 2 aromatic heterocycles. The number of rotatable bonds is 8. The van der Waals surface area contributed by atoms with Gasteiger partial charge in [0.2, 0.25) is 0 Å². The van der Waals surface area contributed by atoms with Crippen LogP contribution in [0.4, 0.5) is 0 Å². The van der Waals surface area contributed by atoms with Crippen LogP contribution in [-0.4, -0.2) is 76.6 Å². The number of nitrogens with zero attached hydrogens (tertiary/aromatic N) is 4. The van der Waals surface area contributed by atoms with E-state index in [4.69, 9.17) is 21.7 Å². The van der Waals surface area contributed by atoms with Gasteiger partial charge in [-0.1, -0.05) is 6.07 Å². The molecule has 0 aliphatic carbocycles. The molecule has 32 heavy (non-hydrogen) atoms. The SMILES string of the molecule is S=C1N[C@@H](c2ccccn2)[C@@H](c2cccn2C[C@@H]2CCCO2)N1CCCN1CCOCC1. The zero-order valence-electron chi connectivity index (χ0n) is 18.6. The standard InChI is InChI=1S/C24H33N5O2S/c32-24-26-22(20-7-1-2-9-25-20)23(29(24)12-5-10-27-13-16-30-17-14-27)21-8-3-11-28(21)18-19-6-4-15-31-19/h1-3,7-9,11,19,22-23H,4-6,10,12-18H2,(H,26,32)/t19-,22-,23+/m0/s1. The van der Waals surface area contributed by atoms with Crippen LogP contribution in [0.1, 0.15) is 42.7 Å². The molecule has 1 N–H and O–H groups in total. The predicted octanol–water partition coefficient (Wildman–Crippen LogP) is 2.76. The van der Waals surface area contributed by atoms with E-state index in [1.807, 2.05) is 12.3 Å². The van der Waals surface area contributed by atoms with Crippen LogP contribution < -0.4 is 5.32 Å². The summed E-state index contributed by atoms with van der Waals surface area (Å²) >= 11 is 5.84. The summed E-state index contributed by atoms with van der Waals surface area (Å²) in [5.41, 5.74) is 2.30. The van der Waals surface area contributed by atoms with E-state index < -0.39 is 0 Å². The van der Waals surface area contributed by atoms with E-state index in [0.29, 0.717) is 6.10 Å². The third-order valence-corrected chi connectivity index (χ3v) is 7.12. The van der Waals surface area contributed by atoms with Crippen molar-refractivity contribution in [3.63, 3.8) is 0 Å². The molecule has 5 heterocycles. The minimum Gasteiger partial charge on any atom is -0.379 e. The molecule has 8 heteroatoms. The molecule has 0 unspecified atom stereocenters. The lowest BCUT2D eigenvalue weighted by molar-refractivity contribution is 0.0365. The highest BCUT2D eigenvalue weighted by Crippen LogP contribution is 2.39. The molecule has 0 bridgehead atoms. The molecule has 0 amide bonds. The summed E-state index contributed by atoms with van der Waals surface area (Å²) < 4.78 is 13.8. The van der Waals surface area contributed by atoms with Crippen molar-refractivity contribution >= 4 is 17.3 Å². The van der Waals surface area contributed by atoms with Crippen LogP contribution in [0, 0.1) is 0 Å². The summed E-state index contributed by atoms with van der Waals surface area (Å²) in [7, 11) is 0.